The zero-order chi connectivity index (χ0) is 12.3. The second kappa shape index (κ2) is 4.88. The van der Waals surface area contributed by atoms with Crippen molar-refractivity contribution in [2.45, 2.75) is 18.3 Å². The Hall–Kier alpha value is -1.35. The van der Waals surface area contributed by atoms with Crippen molar-refractivity contribution in [2.75, 3.05) is 27.2 Å². The molecule has 1 fully saturated rings. The lowest BCUT2D eigenvalue weighted by Gasteiger charge is -2.38. The van der Waals surface area contributed by atoms with Crippen molar-refractivity contribution in [1.29, 1.82) is 0 Å². The van der Waals surface area contributed by atoms with Gasteiger partial charge in [-0.25, -0.2) is 0 Å². The van der Waals surface area contributed by atoms with Gasteiger partial charge in [0.2, 0.25) is 0 Å². The Bertz CT molecular complexity index is 380. The number of nitrogens with zero attached hydrogens (tertiary/aromatic N) is 1. The van der Waals surface area contributed by atoms with Crippen LogP contribution < -0.4 is 0 Å². The van der Waals surface area contributed by atoms with Gasteiger partial charge < -0.3 is 9.64 Å². The third kappa shape index (κ3) is 2.20. The fraction of sp³-hybridized carbons (Fsp3) is 0.500. The summed E-state index contributed by atoms with van der Waals surface area (Å²) in [5.41, 5.74) is 0.641. The summed E-state index contributed by atoms with van der Waals surface area (Å²) >= 11 is 0. The maximum Gasteiger partial charge on any atom is 0.316 e. The SMILES string of the molecule is COC(=O)C1(c2ccccc2)CCN(C)CC1. The van der Waals surface area contributed by atoms with Crippen LogP contribution in [0.3, 0.4) is 0 Å². The van der Waals surface area contributed by atoms with E-state index in [0.29, 0.717) is 0 Å². The molecule has 0 radical (unpaired) electrons. The maximum absolute atomic E-state index is 12.2. The summed E-state index contributed by atoms with van der Waals surface area (Å²) in [5, 5.41) is 0. The van der Waals surface area contributed by atoms with Gasteiger partial charge in [-0.15, -0.1) is 0 Å². The van der Waals surface area contributed by atoms with E-state index in [1.165, 1.54) is 7.11 Å². The lowest BCUT2D eigenvalue weighted by Crippen LogP contribution is -2.46. The Morgan fingerprint density at radius 1 is 1.24 bits per heavy atom. The standard InChI is InChI=1S/C14H19NO2/c1-15-10-8-14(9-11-15,13(16)17-2)12-6-4-3-5-7-12/h3-7H,8-11H2,1-2H3. The Morgan fingerprint density at radius 2 is 1.82 bits per heavy atom. The summed E-state index contributed by atoms with van der Waals surface area (Å²) in [7, 11) is 3.57. The first-order valence-corrected chi connectivity index (χ1v) is 6.01. The molecule has 0 aromatic heterocycles. The van der Waals surface area contributed by atoms with Gasteiger partial charge in [0.05, 0.1) is 12.5 Å². The number of carbonyl (C=O) groups is 1. The molecule has 1 aromatic carbocycles. The molecule has 1 heterocycles. The minimum atomic E-state index is -0.442. The van der Waals surface area contributed by atoms with E-state index in [9.17, 15) is 4.79 Å². The maximum atomic E-state index is 12.2. The minimum Gasteiger partial charge on any atom is -0.468 e. The number of piperidine rings is 1. The summed E-state index contributed by atoms with van der Waals surface area (Å²) in [4.78, 5) is 14.4. The van der Waals surface area contributed by atoms with E-state index in [4.69, 9.17) is 4.74 Å². The third-order valence-electron chi connectivity index (χ3n) is 3.74. The van der Waals surface area contributed by atoms with Crippen molar-refractivity contribution in [3.63, 3.8) is 0 Å². The van der Waals surface area contributed by atoms with Crippen LogP contribution in [0.4, 0.5) is 0 Å². The molecule has 1 saturated heterocycles. The summed E-state index contributed by atoms with van der Waals surface area (Å²) in [6, 6.07) is 10.0. The zero-order valence-electron chi connectivity index (χ0n) is 10.5. The van der Waals surface area contributed by atoms with Crippen molar-refractivity contribution >= 4 is 5.97 Å². The molecule has 0 N–H and O–H groups in total. The quantitative estimate of drug-likeness (QED) is 0.730. The highest BCUT2D eigenvalue weighted by Gasteiger charge is 2.43. The van der Waals surface area contributed by atoms with E-state index in [1.807, 2.05) is 30.3 Å². The van der Waals surface area contributed by atoms with Crippen LogP contribution in [0.25, 0.3) is 0 Å². The van der Waals surface area contributed by atoms with Gasteiger partial charge in [0.25, 0.3) is 0 Å². The molecule has 0 bridgehead atoms. The molecular weight excluding hydrogens is 214 g/mol. The van der Waals surface area contributed by atoms with Crippen LogP contribution in [0.2, 0.25) is 0 Å². The van der Waals surface area contributed by atoms with Crippen LogP contribution in [0.1, 0.15) is 18.4 Å². The van der Waals surface area contributed by atoms with Crippen molar-refractivity contribution < 1.29 is 9.53 Å². The number of methoxy groups -OCH3 is 1. The molecule has 1 aromatic rings. The van der Waals surface area contributed by atoms with Gasteiger partial charge >= 0.3 is 5.97 Å². The van der Waals surface area contributed by atoms with Crippen molar-refractivity contribution in [3.05, 3.63) is 35.9 Å². The predicted octanol–water partition coefficient (Wildman–Crippen LogP) is 1.82. The van der Waals surface area contributed by atoms with Crippen molar-refractivity contribution in [1.82, 2.24) is 4.90 Å². The van der Waals surface area contributed by atoms with Gasteiger partial charge in [0.15, 0.2) is 0 Å². The highest BCUT2D eigenvalue weighted by Crippen LogP contribution is 2.36. The fourth-order valence-corrected chi connectivity index (χ4v) is 2.56. The van der Waals surface area contributed by atoms with E-state index >= 15 is 0 Å². The van der Waals surface area contributed by atoms with Crippen LogP contribution in [-0.2, 0) is 14.9 Å². The predicted molar refractivity (Wildman–Crippen MR) is 66.9 cm³/mol. The number of hydrogen-bond donors (Lipinski definition) is 0. The smallest absolute Gasteiger partial charge is 0.316 e. The molecule has 3 heteroatoms. The van der Waals surface area contributed by atoms with Crippen LogP contribution in [0.5, 0.6) is 0 Å². The average Bonchev–Trinajstić information content (AvgIpc) is 2.40. The summed E-state index contributed by atoms with van der Waals surface area (Å²) in [6.07, 6.45) is 1.67. The van der Waals surface area contributed by atoms with Crippen LogP contribution >= 0.6 is 0 Å². The molecule has 92 valence electrons. The molecule has 17 heavy (non-hydrogen) atoms. The number of rotatable bonds is 2. The molecule has 0 aliphatic carbocycles. The molecule has 1 aliphatic rings. The number of ether oxygens (including phenoxy) is 1. The zero-order valence-corrected chi connectivity index (χ0v) is 10.5. The van der Waals surface area contributed by atoms with Gasteiger partial charge in [-0.1, -0.05) is 30.3 Å². The van der Waals surface area contributed by atoms with Crippen molar-refractivity contribution in [2.24, 2.45) is 0 Å². The highest BCUT2D eigenvalue weighted by molar-refractivity contribution is 5.83. The number of carbonyl (C=O) groups excluding carboxylic acids is 1. The van der Waals surface area contributed by atoms with Crippen LogP contribution in [0.15, 0.2) is 30.3 Å². The monoisotopic (exact) mass is 233 g/mol. The van der Waals surface area contributed by atoms with Gasteiger partial charge in [-0.2, -0.15) is 0 Å². The topological polar surface area (TPSA) is 29.5 Å². The molecule has 0 amide bonds. The van der Waals surface area contributed by atoms with Crippen LogP contribution in [0, 0.1) is 0 Å². The number of hydrogen-bond acceptors (Lipinski definition) is 3. The first-order valence-electron chi connectivity index (χ1n) is 6.01. The van der Waals surface area contributed by atoms with E-state index in [2.05, 4.69) is 11.9 Å². The molecule has 0 unspecified atom stereocenters. The lowest BCUT2D eigenvalue weighted by molar-refractivity contribution is -0.149. The Morgan fingerprint density at radius 3 is 2.35 bits per heavy atom. The lowest BCUT2D eigenvalue weighted by atomic mass is 9.73. The molecule has 2 rings (SSSR count). The van der Waals surface area contributed by atoms with E-state index < -0.39 is 5.41 Å². The Balaban J connectivity index is 2.35. The first kappa shape index (κ1) is 12.1. The van der Waals surface area contributed by atoms with Gasteiger partial charge in [0.1, 0.15) is 0 Å². The fourth-order valence-electron chi connectivity index (χ4n) is 2.56. The third-order valence-corrected chi connectivity index (χ3v) is 3.74. The largest absolute Gasteiger partial charge is 0.468 e. The average molecular weight is 233 g/mol. The molecule has 0 saturated carbocycles. The minimum absolute atomic E-state index is 0.100. The molecule has 0 atom stereocenters. The molecule has 0 spiro atoms. The second-order valence-corrected chi connectivity index (χ2v) is 4.74. The molecule has 3 nitrogen and oxygen atoms in total. The summed E-state index contributed by atoms with van der Waals surface area (Å²) in [6.45, 7) is 1.87. The van der Waals surface area contributed by atoms with E-state index in [-0.39, 0.29) is 5.97 Å². The number of esters is 1. The molecule has 1 aliphatic heterocycles. The Kier molecular flexibility index (Phi) is 3.48. The summed E-state index contributed by atoms with van der Waals surface area (Å²) < 4.78 is 5.03. The normalized spacial score (nSPS) is 19.9. The molecular formula is C14H19NO2. The number of benzene rings is 1. The van der Waals surface area contributed by atoms with E-state index in [0.717, 1.165) is 31.5 Å². The first-order chi connectivity index (χ1) is 8.19. The van der Waals surface area contributed by atoms with Gasteiger partial charge in [-0.3, -0.25) is 4.79 Å². The Labute approximate surface area is 102 Å². The summed E-state index contributed by atoms with van der Waals surface area (Å²) in [5.74, 6) is -0.100. The van der Waals surface area contributed by atoms with Gasteiger partial charge in [-0.05, 0) is 38.5 Å². The van der Waals surface area contributed by atoms with Crippen molar-refractivity contribution in [3.8, 4) is 0 Å². The number of likely N-dealkylation sites (tertiary alicyclic amines) is 1. The van der Waals surface area contributed by atoms with Gasteiger partial charge in [0, 0.05) is 0 Å². The highest BCUT2D eigenvalue weighted by atomic mass is 16.5. The van der Waals surface area contributed by atoms with E-state index in [1.54, 1.807) is 0 Å². The second-order valence-electron chi connectivity index (χ2n) is 4.74. The van der Waals surface area contributed by atoms with Crippen LogP contribution in [-0.4, -0.2) is 38.1 Å².